The first-order chi connectivity index (χ1) is 6.36. The van der Waals surface area contributed by atoms with E-state index < -0.39 is 11.7 Å². The molecule has 0 fully saturated rings. The third-order valence-corrected chi connectivity index (χ3v) is 1.88. The van der Waals surface area contributed by atoms with Crippen molar-refractivity contribution in [2.75, 3.05) is 0 Å². The Morgan fingerprint density at radius 3 is 1.79 bits per heavy atom. The molecule has 5 heteroatoms. The topological polar surface area (TPSA) is 9.23 Å². The van der Waals surface area contributed by atoms with E-state index in [2.05, 4.69) is 4.94 Å². The van der Waals surface area contributed by atoms with Crippen LogP contribution in [0.25, 0.3) is 0 Å². The van der Waals surface area contributed by atoms with Gasteiger partial charge in [-0.3, -0.25) is 4.94 Å². The summed E-state index contributed by atoms with van der Waals surface area (Å²) in [6.07, 6.45) is -4.41. The quantitative estimate of drug-likeness (QED) is 0.641. The van der Waals surface area contributed by atoms with Crippen LogP contribution in [0.4, 0.5) is 17.7 Å². The SMILES string of the molecule is Cc1cc(OF)cc(C)c1C(F)(F)F. The van der Waals surface area contributed by atoms with Crippen molar-refractivity contribution >= 4 is 0 Å². The maximum absolute atomic E-state index is 12.4. The summed E-state index contributed by atoms with van der Waals surface area (Å²) in [4.78, 5) is 3.38. The molecule has 1 rings (SSSR count). The molecular formula is C9H8F4O. The molecule has 14 heavy (non-hydrogen) atoms. The second-order valence-electron chi connectivity index (χ2n) is 3.01. The second-order valence-corrected chi connectivity index (χ2v) is 3.01. The average Bonchev–Trinajstić information content (AvgIpc) is 1.99. The van der Waals surface area contributed by atoms with Crippen molar-refractivity contribution in [2.24, 2.45) is 0 Å². The van der Waals surface area contributed by atoms with Crippen LogP contribution in [0.15, 0.2) is 12.1 Å². The van der Waals surface area contributed by atoms with Crippen molar-refractivity contribution in [2.45, 2.75) is 20.0 Å². The number of hydrogen-bond donors (Lipinski definition) is 0. The monoisotopic (exact) mass is 208 g/mol. The fourth-order valence-electron chi connectivity index (χ4n) is 1.42. The Kier molecular flexibility index (Phi) is 2.69. The maximum Gasteiger partial charge on any atom is 0.416 e. The zero-order chi connectivity index (χ0) is 10.9. The molecule has 0 heterocycles. The summed E-state index contributed by atoms with van der Waals surface area (Å²) in [5.41, 5.74) is -0.839. The Bertz CT molecular complexity index is 320. The molecule has 0 aliphatic carbocycles. The summed E-state index contributed by atoms with van der Waals surface area (Å²) in [7, 11) is 0. The van der Waals surface area contributed by atoms with E-state index >= 15 is 0 Å². The predicted octanol–water partition coefficient (Wildman–Crippen LogP) is 3.59. The van der Waals surface area contributed by atoms with Crippen LogP contribution in [0.2, 0.25) is 0 Å². The van der Waals surface area contributed by atoms with Gasteiger partial charge in [-0.2, -0.15) is 13.2 Å². The van der Waals surface area contributed by atoms with Crippen LogP contribution in [-0.2, 0) is 6.18 Å². The maximum atomic E-state index is 12.4. The van der Waals surface area contributed by atoms with Crippen LogP contribution >= 0.6 is 0 Å². The van der Waals surface area contributed by atoms with Crippen LogP contribution < -0.4 is 4.94 Å². The Labute approximate surface area is 78.2 Å². The number of hydrogen-bond acceptors (Lipinski definition) is 1. The van der Waals surface area contributed by atoms with Crippen molar-refractivity contribution in [3.05, 3.63) is 28.8 Å². The molecule has 0 bridgehead atoms. The Morgan fingerprint density at radius 1 is 1.07 bits per heavy atom. The fraction of sp³-hybridized carbons (Fsp3) is 0.333. The Balaban J connectivity index is 3.33. The number of rotatable bonds is 1. The Hall–Kier alpha value is -1.26. The van der Waals surface area contributed by atoms with Crippen LogP contribution in [-0.4, -0.2) is 0 Å². The first-order valence-corrected chi connectivity index (χ1v) is 3.83. The van der Waals surface area contributed by atoms with Gasteiger partial charge in [0.2, 0.25) is 0 Å². The lowest BCUT2D eigenvalue weighted by molar-refractivity contribution is -0.138. The largest absolute Gasteiger partial charge is 0.416 e. The average molecular weight is 208 g/mol. The van der Waals surface area contributed by atoms with E-state index in [9.17, 15) is 17.7 Å². The van der Waals surface area contributed by atoms with Crippen molar-refractivity contribution in [1.82, 2.24) is 0 Å². The van der Waals surface area contributed by atoms with Gasteiger partial charge in [0.1, 0.15) is 0 Å². The van der Waals surface area contributed by atoms with Crippen molar-refractivity contribution in [3.63, 3.8) is 0 Å². The van der Waals surface area contributed by atoms with E-state index in [4.69, 9.17) is 0 Å². The number of benzene rings is 1. The van der Waals surface area contributed by atoms with Gasteiger partial charge in [0, 0.05) is 4.53 Å². The molecular weight excluding hydrogens is 200 g/mol. The summed E-state index contributed by atoms with van der Waals surface area (Å²) in [5.74, 6) is -0.215. The minimum Gasteiger partial charge on any atom is -0.294 e. The molecule has 0 aliphatic heterocycles. The van der Waals surface area contributed by atoms with Gasteiger partial charge >= 0.3 is 6.18 Å². The third kappa shape index (κ3) is 1.97. The molecule has 0 saturated heterocycles. The summed E-state index contributed by atoms with van der Waals surface area (Å²) in [6.45, 7) is 2.52. The lowest BCUT2D eigenvalue weighted by atomic mass is 10.0. The van der Waals surface area contributed by atoms with Crippen LogP contribution in [0.1, 0.15) is 16.7 Å². The minimum absolute atomic E-state index is 0.0508. The molecule has 0 amide bonds. The minimum atomic E-state index is -4.41. The van der Waals surface area contributed by atoms with Gasteiger partial charge < -0.3 is 0 Å². The summed E-state index contributed by atoms with van der Waals surface area (Å²) >= 11 is 0. The van der Waals surface area contributed by atoms with Crippen molar-refractivity contribution in [1.29, 1.82) is 0 Å². The summed E-state index contributed by atoms with van der Waals surface area (Å²) in [6, 6.07) is 2.02. The lowest BCUT2D eigenvalue weighted by Crippen LogP contribution is -2.09. The van der Waals surface area contributed by atoms with E-state index in [1.165, 1.54) is 13.8 Å². The highest BCUT2D eigenvalue weighted by molar-refractivity contribution is 5.42. The highest BCUT2D eigenvalue weighted by atomic mass is 19.4. The number of aryl methyl sites for hydroxylation is 2. The van der Waals surface area contributed by atoms with Crippen molar-refractivity contribution in [3.8, 4) is 5.75 Å². The molecule has 0 N–H and O–H groups in total. The summed E-state index contributed by atoms with van der Waals surface area (Å²) < 4.78 is 49.0. The zero-order valence-electron chi connectivity index (χ0n) is 7.57. The molecule has 0 radical (unpaired) electrons. The standard InChI is InChI=1S/C9H8F4O/c1-5-3-7(14-13)4-6(2)8(5)9(10,11)12/h3-4H,1-2H3. The molecule has 0 aliphatic rings. The first-order valence-electron chi connectivity index (χ1n) is 3.83. The summed E-state index contributed by atoms with van der Waals surface area (Å²) in [5, 5.41) is 0. The number of halogens is 4. The van der Waals surface area contributed by atoms with Crippen LogP contribution in [0.3, 0.4) is 0 Å². The van der Waals surface area contributed by atoms with Gasteiger partial charge in [-0.1, -0.05) is 0 Å². The van der Waals surface area contributed by atoms with Gasteiger partial charge in [-0.05, 0) is 37.1 Å². The normalized spacial score (nSPS) is 11.6. The molecule has 0 unspecified atom stereocenters. The first kappa shape index (κ1) is 10.8. The third-order valence-electron chi connectivity index (χ3n) is 1.88. The smallest absolute Gasteiger partial charge is 0.294 e. The van der Waals surface area contributed by atoms with Gasteiger partial charge in [0.25, 0.3) is 0 Å². The van der Waals surface area contributed by atoms with E-state index in [0.29, 0.717) is 0 Å². The molecule has 0 saturated carbocycles. The van der Waals surface area contributed by atoms with Gasteiger partial charge in [-0.15, -0.1) is 0 Å². The zero-order valence-corrected chi connectivity index (χ0v) is 7.57. The lowest BCUT2D eigenvalue weighted by Gasteiger charge is -2.13. The molecule has 0 spiro atoms. The Morgan fingerprint density at radius 2 is 1.50 bits per heavy atom. The van der Waals surface area contributed by atoms with E-state index in [0.717, 1.165) is 12.1 Å². The van der Waals surface area contributed by atoms with E-state index in [-0.39, 0.29) is 16.9 Å². The van der Waals surface area contributed by atoms with Crippen molar-refractivity contribution < 1.29 is 22.6 Å². The predicted molar refractivity (Wildman–Crippen MR) is 42.7 cm³/mol. The van der Waals surface area contributed by atoms with Gasteiger partial charge in [-0.25, -0.2) is 0 Å². The van der Waals surface area contributed by atoms with Crippen LogP contribution in [0.5, 0.6) is 5.75 Å². The molecule has 1 aromatic carbocycles. The number of alkyl halides is 3. The van der Waals surface area contributed by atoms with E-state index in [1.54, 1.807) is 0 Å². The van der Waals surface area contributed by atoms with E-state index in [1.807, 2.05) is 0 Å². The molecule has 0 atom stereocenters. The highest BCUT2D eigenvalue weighted by Crippen LogP contribution is 2.36. The molecule has 1 aromatic rings. The second kappa shape index (κ2) is 3.48. The van der Waals surface area contributed by atoms with Gasteiger partial charge in [0.05, 0.1) is 5.56 Å². The van der Waals surface area contributed by atoms with Crippen LogP contribution in [0, 0.1) is 13.8 Å². The highest BCUT2D eigenvalue weighted by Gasteiger charge is 2.34. The van der Waals surface area contributed by atoms with Gasteiger partial charge in [0.15, 0.2) is 5.75 Å². The molecule has 78 valence electrons. The molecule has 1 nitrogen and oxygen atoms in total. The molecule has 0 aromatic heterocycles. The fourth-order valence-corrected chi connectivity index (χ4v) is 1.42.